The molecule has 0 saturated heterocycles. The highest BCUT2D eigenvalue weighted by Gasteiger charge is 2.16. The summed E-state index contributed by atoms with van der Waals surface area (Å²) in [7, 11) is 3.20. The van der Waals surface area contributed by atoms with Crippen LogP contribution in [-0.4, -0.2) is 26.7 Å². The predicted molar refractivity (Wildman–Crippen MR) is 86.3 cm³/mol. The molecule has 0 spiro atoms. The monoisotopic (exact) mass is 299 g/mol. The Morgan fingerprint density at radius 2 is 1.77 bits per heavy atom. The highest BCUT2D eigenvalue weighted by Crippen LogP contribution is 2.21. The minimum absolute atomic E-state index is 0.173. The van der Waals surface area contributed by atoms with Crippen molar-refractivity contribution >= 4 is 5.91 Å². The van der Waals surface area contributed by atoms with E-state index in [4.69, 9.17) is 9.47 Å². The van der Waals surface area contributed by atoms with Crippen molar-refractivity contribution in [2.45, 2.75) is 13.0 Å². The Balaban J connectivity index is 2.08. The molecule has 1 N–H and O–H groups in total. The Labute approximate surface area is 131 Å². The van der Waals surface area contributed by atoms with Crippen molar-refractivity contribution in [2.24, 2.45) is 0 Å². The molecule has 116 valence electrons. The van der Waals surface area contributed by atoms with E-state index >= 15 is 0 Å². The number of hydrogen-bond acceptors (Lipinski definition) is 3. The van der Waals surface area contributed by atoms with Gasteiger partial charge in [-0.1, -0.05) is 36.4 Å². The summed E-state index contributed by atoms with van der Waals surface area (Å²) in [5, 5.41) is 2.91. The molecule has 0 saturated carbocycles. The van der Waals surface area contributed by atoms with Gasteiger partial charge >= 0.3 is 0 Å². The molecule has 0 aliphatic carbocycles. The Hall–Kier alpha value is -2.33. The molecule has 2 rings (SSSR count). The summed E-state index contributed by atoms with van der Waals surface area (Å²) in [6, 6.07) is 15.2. The number of amides is 1. The van der Waals surface area contributed by atoms with Gasteiger partial charge in [-0.2, -0.15) is 0 Å². The number of nitrogens with one attached hydrogen (secondary N) is 1. The highest BCUT2D eigenvalue weighted by molar-refractivity contribution is 5.96. The quantitative estimate of drug-likeness (QED) is 0.891. The number of para-hydroxylation sites is 1. The molecule has 1 unspecified atom stereocenters. The number of benzene rings is 2. The van der Waals surface area contributed by atoms with Crippen LogP contribution < -0.4 is 10.1 Å². The lowest BCUT2D eigenvalue weighted by atomic mass is 10.0. The Morgan fingerprint density at radius 1 is 1.09 bits per heavy atom. The van der Waals surface area contributed by atoms with Crippen molar-refractivity contribution in [1.82, 2.24) is 5.32 Å². The molecule has 2 aromatic carbocycles. The maximum Gasteiger partial charge on any atom is 0.255 e. The molecular formula is C18H21NO3. The first-order valence-electron chi connectivity index (χ1n) is 7.17. The van der Waals surface area contributed by atoms with E-state index in [9.17, 15) is 4.79 Å². The number of carbonyl (C=O) groups is 1. The Bertz CT molecular complexity index is 640. The summed E-state index contributed by atoms with van der Waals surface area (Å²) in [6.45, 7) is 2.43. The van der Waals surface area contributed by atoms with E-state index in [1.807, 2.05) is 43.3 Å². The summed E-state index contributed by atoms with van der Waals surface area (Å²) in [5.41, 5.74) is 2.73. The third kappa shape index (κ3) is 3.65. The van der Waals surface area contributed by atoms with Crippen LogP contribution >= 0.6 is 0 Å². The standard InChI is InChI=1S/C18H21NO3/c1-13-8-4-5-9-14(13)17(22-3)12-19-18(20)15-10-6-7-11-16(15)21-2/h4-11,17H,12H2,1-3H3,(H,19,20). The molecule has 1 amide bonds. The second-order valence-corrected chi connectivity index (χ2v) is 4.99. The maximum absolute atomic E-state index is 12.3. The molecule has 0 heterocycles. The van der Waals surface area contributed by atoms with Gasteiger partial charge in [0.15, 0.2) is 0 Å². The van der Waals surface area contributed by atoms with E-state index in [1.54, 1.807) is 26.4 Å². The third-order valence-corrected chi connectivity index (χ3v) is 3.62. The summed E-state index contributed by atoms with van der Waals surface area (Å²) < 4.78 is 10.7. The van der Waals surface area contributed by atoms with Gasteiger partial charge in [-0.3, -0.25) is 4.79 Å². The van der Waals surface area contributed by atoms with Crippen LogP contribution in [-0.2, 0) is 4.74 Å². The van der Waals surface area contributed by atoms with Crippen LogP contribution in [0.25, 0.3) is 0 Å². The van der Waals surface area contributed by atoms with Gasteiger partial charge in [0.05, 0.1) is 18.8 Å². The minimum Gasteiger partial charge on any atom is -0.496 e. The van der Waals surface area contributed by atoms with E-state index in [2.05, 4.69) is 5.32 Å². The fourth-order valence-electron chi connectivity index (χ4n) is 2.38. The van der Waals surface area contributed by atoms with E-state index in [1.165, 1.54) is 0 Å². The second kappa shape index (κ2) is 7.61. The van der Waals surface area contributed by atoms with Crippen molar-refractivity contribution < 1.29 is 14.3 Å². The van der Waals surface area contributed by atoms with Crippen molar-refractivity contribution in [3.63, 3.8) is 0 Å². The van der Waals surface area contributed by atoms with Crippen molar-refractivity contribution in [1.29, 1.82) is 0 Å². The number of hydrogen-bond donors (Lipinski definition) is 1. The Kier molecular flexibility index (Phi) is 5.55. The molecule has 0 fully saturated rings. The number of methoxy groups -OCH3 is 2. The third-order valence-electron chi connectivity index (χ3n) is 3.62. The maximum atomic E-state index is 12.3. The van der Waals surface area contributed by atoms with E-state index in [-0.39, 0.29) is 12.0 Å². The second-order valence-electron chi connectivity index (χ2n) is 4.99. The van der Waals surface area contributed by atoms with Crippen LogP contribution in [0, 0.1) is 6.92 Å². The molecule has 22 heavy (non-hydrogen) atoms. The lowest BCUT2D eigenvalue weighted by Crippen LogP contribution is -2.29. The first kappa shape index (κ1) is 16.0. The van der Waals surface area contributed by atoms with Crippen LogP contribution in [0.2, 0.25) is 0 Å². The summed E-state index contributed by atoms with van der Waals surface area (Å²) in [6.07, 6.45) is -0.181. The molecule has 0 radical (unpaired) electrons. The lowest BCUT2D eigenvalue weighted by molar-refractivity contribution is 0.0823. The van der Waals surface area contributed by atoms with Gasteiger partial charge < -0.3 is 14.8 Å². The van der Waals surface area contributed by atoms with Gasteiger partial charge in [0.25, 0.3) is 5.91 Å². The fourth-order valence-corrected chi connectivity index (χ4v) is 2.38. The zero-order chi connectivity index (χ0) is 15.9. The molecule has 2 aromatic rings. The predicted octanol–water partition coefficient (Wildman–Crippen LogP) is 3.12. The first-order valence-corrected chi connectivity index (χ1v) is 7.17. The van der Waals surface area contributed by atoms with Gasteiger partial charge in [0.2, 0.25) is 0 Å². The summed E-state index contributed by atoms with van der Waals surface area (Å²) in [4.78, 5) is 12.3. The average Bonchev–Trinajstić information content (AvgIpc) is 2.56. The number of aryl methyl sites for hydroxylation is 1. The fraction of sp³-hybridized carbons (Fsp3) is 0.278. The summed E-state index contributed by atoms with van der Waals surface area (Å²) >= 11 is 0. The van der Waals surface area contributed by atoms with Crippen LogP contribution in [0.3, 0.4) is 0 Å². The smallest absolute Gasteiger partial charge is 0.255 e. The van der Waals surface area contributed by atoms with Gasteiger partial charge in [0, 0.05) is 13.7 Å². The lowest BCUT2D eigenvalue weighted by Gasteiger charge is -2.19. The SMILES string of the molecule is COc1ccccc1C(=O)NCC(OC)c1ccccc1C. The van der Waals surface area contributed by atoms with Crippen LogP contribution in [0.4, 0.5) is 0 Å². The first-order chi connectivity index (χ1) is 10.7. The number of ether oxygens (including phenoxy) is 2. The molecule has 0 bridgehead atoms. The van der Waals surface area contributed by atoms with Gasteiger partial charge in [-0.05, 0) is 30.2 Å². The Morgan fingerprint density at radius 3 is 2.45 bits per heavy atom. The van der Waals surface area contributed by atoms with Gasteiger partial charge in [-0.15, -0.1) is 0 Å². The molecule has 0 aliphatic heterocycles. The van der Waals surface area contributed by atoms with E-state index < -0.39 is 0 Å². The normalized spacial score (nSPS) is 11.8. The molecule has 0 aliphatic rings. The highest BCUT2D eigenvalue weighted by atomic mass is 16.5. The molecule has 1 atom stereocenters. The van der Waals surface area contributed by atoms with Crippen LogP contribution in [0.1, 0.15) is 27.6 Å². The summed E-state index contributed by atoms with van der Waals surface area (Å²) in [5.74, 6) is 0.387. The van der Waals surface area contributed by atoms with Crippen molar-refractivity contribution in [3.05, 3.63) is 65.2 Å². The van der Waals surface area contributed by atoms with Crippen LogP contribution in [0.15, 0.2) is 48.5 Å². The van der Waals surface area contributed by atoms with Gasteiger partial charge in [0.1, 0.15) is 5.75 Å². The topological polar surface area (TPSA) is 47.6 Å². The zero-order valence-corrected chi connectivity index (χ0v) is 13.1. The van der Waals surface area contributed by atoms with Crippen molar-refractivity contribution in [3.8, 4) is 5.75 Å². The number of carbonyl (C=O) groups excluding carboxylic acids is 1. The average molecular weight is 299 g/mol. The molecule has 4 nitrogen and oxygen atoms in total. The minimum atomic E-state index is -0.181. The van der Waals surface area contributed by atoms with E-state index in [0.717, 1.165) is 11.1 Å². The zero-order valence-electron chi connectivity index (χ0n) is 13.1. The molecular weight excluding hydrogens is 278 g/mol. The van der Waals surface area contributed by atoms with Crippen molar-refractivity contribution in [2.75, 3.05) is 20.8 Å². The number of rotatable bonds is 6. The van der Waals surface area contributed by atoms with E-state index in [0.29, 0.717) is 17.9 Å². The molecule has 4 heteroatoms. The largest absolute Gasteiger partial charge is 0.496 e. The molecule has 0 aromatic heterocycles. The van der Waals surface area contributed by atoms with Gasteiger partial charge in [-0.25, -0.2) is 0 Å². The van der Waals surface area contributed by atoms with Crippen LogP contribution in [0.5, 0.6) is 5.75 Å².